The van der Waals surface area contributed by atoms with Gasteiger partial charge in [0.05, 0.1) is 5.52 Å². The van der Waals surface area contributed by atoms with Gasteiger partial charge >= 0.3 is 0 Å². The first-order valence-corrected chi connectivity index (χ1v) is 11.2. The lowest BCUT2D eigenvalue weighted by atomic mass is 9.86. The summed E-state index contributed by atoms with van der Waals surface area (Å²) in [4.78, 5) is 11.6. The molecule has 1 aliphatic carbocycles. The highest BCUT2D eigenvalue weighted by molar-refractivity contribution is 5.90. The van der Waals surface area contributed by atoms with E-state index < -0.39 is 0 Å². The molecule has 2 aromatic carbocycles. The SMILES string of the molecule is Cc1cc(CNCC2CCC(Nc3nc(N(C)C)c4ccccc4n3)CC2)ccc1F. The quantitative estimate of drug-likeness (QED) is 0.568. The van der Waals surface area contributed by atoms with Gasteiger partial charge in [-0.25, -0.2) is 9.37 Å². The third-order valence-electron chi connectivity index (χ3n) is 6.17. The van der Waals surface area contributed by atoms with Crippen molar-refractivity contribution in [2.75, 3.05) is 30.9 Å². The van der Waals surface area contributed by atoms with Crippen LogP contribution in [0, 0.1) is 18.7 Å². The molecule has 0 amide bonds. The molecule has 0 saturated heterocycles. The van der Waals surface area contributed by atoms with Gasteiger partial charge in [0.25, 0.3) is 0 Å². The predicted molar refractivity (Wildman–Crippen MR) is 126 cm³/mol. The molecular weight excluding hydrogens is 389 g/mol. The van der Waals surface area contributed by atoms with Crippen molar-refractivity contribution in [1.82, 2.24) is 15.3 Å². The lowest BCUT2D eigenvalue weighted by Gasteiger charge is -2.29. The van der Waals surface area contributed by atoms with E-state index in [4.69, 9.17) is 9.97 Å². The van der Waals surface area contributed by atoms with Crippen LogP contribution in [0.1, 0.15) is 36.8 Å². The zero-order valence-electron chi connectivity index (χ0n) is 18.7. The Morgan fingerprint density at radius 1 is 1.03 bits per heavy atom. The maximum Gasteiger partial charge on any atom is 0.225 e. The van der Waals surface area contributed by atoms with Crippen LogP contribution in [0.5, 0.6) is 0 Å². The average Bonchev–Trinajstić information content (AvgIpc) is 2.77. The highest BCUT2D eigenvalue weighted by Crippen LogP contribution is 2.28. The Balaban J connectivity index is 1.29. The van der Waals surface area contributed by atoms with Crippen molar-refractivity contribution in [3.8, 4) is 0 Å². The van der Waals surface area contributed by atoms with Gasteiger partial charge in [-0.1, -0.05) is 24.3 Å². The van der Waals surface area contributed by atoms with Crippen LogP contribution < -0.4 is 15.5 Å². The minimum atomic E-state index is -0.136. The lowest BCUT2D eigenvalue weighted by molar-refractivity contribution is 0.324. The molecule has 3 aromatic rings. The Labute approximate surface area is 184 Å². The number of nitrogens with zero attached hydrogens (tertiary/aromatic N) is 3. The summed E-state index contributed by atoms with van der Waals surface area (Å²) in [6.07, 6.45) is 4.60. The molecule has 1 fully saturated rings. The van der Waals surface area contributed by atoms with Crippen LogP contribution in [0.25, 0.3) is 10.9 Å². The molecule has 31 heavy (non-hydrogen) atoms. The topological polar surface area (TPSA) is 53.1 Å². The minimum absolute atomic E-state index is 0.136. The van der Waals surface area contributed by atoms with E-state index in [1.807, 2.05) is 56.3 Å². The molecule has 0 bridgehead atoms. The van der Waals surface area contributed by atoms with Crippen molar-refractivity contribution in [2.24, 2.45) is 5.92 Å². The summed E-state index contributed by atoms with van der Waals surface area (Å²) in [5.74, 6) is 2.20. The second-order valence-electron chi connectivity index (χ2n) is 8.86. The Kier molecular flexibility index (Phi) is 6.66. The summed E-state index contributed by atoms with van der Waals surface area (Å²) in [6.45, 7) is 3.60. The molecule has 1 saturated carbocycles. The van der Waals surface area contributed by atoms with Crippen molar-refractivity contribution in [2.45, 2.75) is 45.2 Å². The van der Waals surface area contributed by atoms with Crippen LogP contribution in [-0.4, -0.2) is 36.6 Å². The van der Waals surface area contributed by atoms with Gasteiger partial charge in [-0.3, -0.25) is 0 Å². The van der Waals surface area contributed by atoms with Crippen molar-refractivity contribution in [3.05, 3.63) is 59.4 Å². The fraction of sp³-hybridized carbons (Fsp3) is 0.440. The van der Waals surface area contributed by atoms with Crippen LogP contribution >= 0.6 is 0 Å². The van der Waals surface area contributed by atoms with E-state index in [9.17, 15) is 4.39 Å². The smallest absolute Gasteiger partial charge is 0.225 e. The molecule has 0 radical (unpaired) electrons. The van der Waals surface area contributed by atoms with Gasteiger partial charge in [0, 0.05) is 32.1 Å². The minimum Gasteiger partial charge on any atom is -0.362 e. The fourth-order valence-electron chi connectivity index (χ4n) is 4.40. The molecule has 0 unspecified atom stereocenters. The van der Waals surface area contributed by atoms with Gasteiger partial charge in [0.2, 0.25) is 5.95 Å². The van der Waals surface area contributed by atoms with Gasteiger partial charge in [0.15, 0.2) is 0 Å². The van der Waals surface area contributed by atoms with Crippen molar-refractivity contribution in [1.29, 1.82) is 0 Å². The van der Waals surface area contributed by atoms with Gasteiger partial charge in [-0.15, -0.1) is 0 Å². The molecule has 0 spiro atoms. The Morgan fingerprint density at radius 3 is 2.55 bits per heavy atom. The summed E-state index contributed by atoms with van der Waals surface area (Å²) >= 11 is 0. The van der Waals surface area contributed by atoms with E-state index >= 15 is 0 Å². The van der Waals surface area contributed by atoms with Crippen LogP contribution in [0.3, 0.4) is 0 Å². The average molecular weight is 422 g/mol. The molecule has 5 nitrogen and oxygen atoms in total. The van der Waals surface area contributed by atoms with E-state index in [1.54, 1.807) is 6.07 Å². The maximum absolute atomic E-state index is 13.4. The van der Waals surface area contributed by atoms with E-state index in [2.05, 4.69) is 16.7 Å². The molecular formula is C25H32FN5. The number of anilines is 2. The molecule has 0 aliphatic heterocycles. The molecule has 1 heterocycles. The molecule has 1 aromatic heterocycles. The van der Waals surface area contributed by atoms with Crippen LogP contribution in [0.4, 0.5) is 16.2 Å². The molecule has 1 aliphatic rings. The first-order valence-electron chi connectivity index (χ1n) is 11.2. The zero-order chi connectivity index (χ0) is 21.8. The number of aryl methyl sites for hydroxylation is 1. The number of hydrogen-bond acceptors (Lipinski definition) is 5. The molecule has 4 rings (SSSR count). The number of rotatable bonds is 7. The Hall–Kier alpha value is -2.73. The van der Waals surface area contributed by atoms with Crippen LogP contribution in [0.2, 0.25) is 0 Å². The normalized spacial score (nSPS) is 18.8. The molecule has 164 valence electrons. The third-order valence-corrected chi connectivity index (χ3v) is 6.17. The standard InChI is InChI=1S/C25H32FN5/c1-17-14-19(10-13-22(17)26)16-27-15-18-8-11-20(12-9-18)28-25-29-23-7-5-4-6-21(23)24(30-25)31(2)3/h4-7,10,13-14,18,20,27H,8-9,11-12,15-16H2,1-3H3,(H,28,29,30). The third kappa shape index (κ3) is 5.31. The summed E-state index contributed by atoms with van der Waals surface area (Å²) in [6, 6.07) is 13.9. The van der Waals surface area contributed by atoms with Crippen molar-refractivity contribution >= 4 is 22.7 Å². The summed E-state index contributed by atoms with van der Waals surface area (Å²) in [7, 11) is 4.04. The number of fused-ring (bicyclic) bond motifs is 1. The number of para-hydroxylation sites is 1. The number of halogens is 1. The molecule has 0 atom stereocenters. The fourth-order valence-corrected chi connectivity index (χ4v) is 4.40. The number of aromatic nitrogens is 2. The number of hydrogen-bond donors (Lipinski definition) is 2. The summed E-state index contributed by atoms with van der Waals surface area (Å²) in [5, 5.41) is 8.20. The Morgan fingerprint density at radius 2 is 1.81 bits per heavy atom. The first-order chi connectivity index (χ1) is 15.0. The van der Waals surface area contributed by atoms with Crippen molar-refractivity contribution in [3.63, 3.8) is 0 Å². The molecule has 6 heteroatoms. The van der Waals surface area contributed by atoms with Gasteiger partial charge in [0.1, 0.15) is 11.6 Å². The second kappa shape index (κ2) is 9.60. The Bertz CT molecular complexity index is 1030. The van der Waals surface area contributed by atoms with Gasteiger partial charge in [-0.2, -0.15) is 4.98 Å². The molecule has 2 N–H and O–H groups in total. The second-order valence-corrected chi connectivity index (χ2v) is 8.86. The predicted octanol–water partition coefficient (Wildman–Crippen LogP) is 4.90. The summed E-state index contributed by atoms with van der Waals surface area (Å²) in [5.41, 5.74) is 2.82. The van der Waals surface area contributed by atoms with Crippen LogP contribution in [-0.2, 0) is 6.54 Å². The lowest BCUT2D eigenvalue weighted by Crippen LogP contribution is -2.31. The summed E-state index contributed by atoms with van der Waals surface area (Å²) < 4.78 is 13.4. The van der Waals surface area contributed by atoms with Gasteiger partial charge < -0.3 is 15.5 Å². The van der Waals surface area contributed by atoms with E-state index in [-0.39, 0.29) is 5.82 Å². The monoisotopic (exact) mass is 421 g/mol. The van der Waals surface area contributed by atoms with Gasteiger partial charge in [-0.05, 0) is 74.4 Å². The first kappa shape index (κ1) is 21.5. The van der Waals surface area contributed by atoms with Crippen molar-refractivity contribution < 1.29 is 4.39 Å². The number of nitrogens with one attached hydrogen (secondary N) is 2. The zero-order valence-corrected chi connectivity index (χ0v) is 18.7. The maximum atomic E-state index is 13.4. The van der Waals surface area contributed by atoms with Crippen LogP contribution in [0.15, 0.2) is 42.5 Å². The van der Waals surface area contributed by atoms with E-state index in [1.165, 1.54) is 12.8 Å². The van der Waals surface area contributed by atoms with E-state index in [0.29, 0.717) is 17.5 Å². The number of benzene rings is 2. The highest BCUT2D eigenvalue weighted by atomic mass is 19.1. The largest absolute Gasteiger partial charge is 0.362 e. The highest BCUT2D eigenvalue weighted by Gasteiger charge is 2.22. The van der Waals surface area contributed by atoms with E-state index in [0.717, 1.165) is 54.2 Å².